The summed E-state index contributed by atoms with van der Waals surface area (Å²) in [5, 5.41) is 0.680. The number of halogens is 1. The van der Waals surface area contributed by atoms with Gasteiger partial charge in [0.05, 0.1) is 4.90 Å². The first-order valence-electron chi connectivity index (χ1n) is 9.00. The predicted octanol–water partition coefficient (Wildman–Crippen LogP) is 6.48. The highest BCUT2D eigenvalue weighted by Crippen LogP contribution is 2.39. The molecule has 0 aliphatic heterocycles. The fourth-order valence-corrected chi connectivity index (χ4v) is 6.44. The number of hydrogen-bond donors (Lipinski definition) is 0. The zero-order valence-electron chi connectivity index (χ0n) is 16.2. The number of fused-ring (bicyclic) bond motifs is 1. The summed E-state index contributed by atoms with van der Waals surface area (Å²) in [7, 11) is -3.29. The number of benzene rings is 3. The monoisotopic (exact) mass is 516 g/mol. The second-order valence-electron chi connectivity index (χ2n) is 6.78. The number of hydrogen-bond acceptors (Lipinski definition) is 5. The largest absolute Gasteiger partial charge is 0.288 e. The first kappa shape index (κ1) is 21.3. The molecule has 30 heavy (non-hydrogen) atoms. The Morgan fingerprint density at radius 2 is 1.60 bits per heavy atom. The van der Waals surface area contributed by atoms with Crippen LogP contribution in [0.2, 0.25) is 0 Å². The van der Waals surface area contributed by atoms with Crippen molar-refractivity contribution in [3.05, 3.63) is 81.4 Å². The van der Waals surface area contributed by atoms with Crippen LogP contribution in [0.1, 0.15) is 0 Å². The van der Waals surface area contributed by atoms with Crippen LogP contribution in [-0.2, 0) is 9.84 Å². The highest BCUT2D eigenvalue weighted by molar-refractivity contribution is 9.10. The molecule has 0 bridgehead atoms. The maximum Gasteiger partial charge on any atom is 0.196 e. The summed E-state index contributed by atoms with van der Waals surface area (Å²) in [6.45, 7) is 0. The molecule has 3 nitrogen and oxygen atoms in total. The van der Waals surface area contributed by atoms with Crippen LogP contribution in [0.15, 0.2) is 85.8 Å². The normalized spacial score (nSPS) is 11.7. The molecule has 0 fully saturated rings. The summed E-state index contributed by atoms with van der Waals surface area (Å²) < 4.78 is 25.5. The van der Waals surface area contributed by atoms with Gasteiger partial charge in [0.15, 0.2) is 15.3 Å². The van der Waals surface area contributed by atoms with Crippen molar-refractivity contribution in [3.63, 3.8) is 0 Å². The molecule has 1 heterocycles. The van der Waals surface area contributed by atoms with Crippen molar-refractivity contribution >= 4 is 59.0 Å². The third kappa shape index (κ3) is 3.99. The molecule has 0 N–H and O–H groups in total. The molecule has 0 aliphatic rings. The van der Waals surface area contributed by atoms with Crippen LogP contribution < -0.4 is 5.43 Å². The van der Waals surface area contributed by atoms with Gasteiger partial charge in [-0.25, -0.2) is 8.42 Å². The lowest BCUT2D eigenvalue weighted by Gasteiger charge is -2.12. The van der Waals surface area contributed by atoms with Gasteiger partial charge in [-0.3, -0.25) is 4.79 Å². The number of sulfone groups is 1. The van der Waals surface area contributed by atoms with Crippen LogP contribution >= 0.6 is 39.0 Å². The van der Waals surface area contributed by atoms with E-state index in [4.69, 9.17) is 0 Å². The Balaban J connectivity index is 2.02. The van der Waals surface area contributed by atoms with E-state index in [1.165, 1.54) is 17.6 Å². The molecule has 7 heteroatoms. The molecule has 0 aliphatic carbocycles. The Morgan fingerprint density at radius 1 is 0.933 bits per heavy atom. The first-order chi connectivity index (χ1) is 14.3. The molecule has 0 spiro atoms. The van der Waals surface area contributed by atoms with Crippen molar-refractivity contribution in [1.29, 1.82) is 0 Å². The van der Waals surface area contributed by atoms with E-state index in [-0.39, 0.29) is 10.3 Å². The van der Waals surface area contributed by atoms with E-state index in [2.05, 4.69) is 15.9 Å². The molecule has 0 radical (unpaired) electrons. The average molecular weight is 517 g/mol. The summed E-state index contributed by atoms with van der Waals surface area (Å²) in [5.41, 5.74) is 2.23. The standard InChI is InChI=1S/C23H17BrO3S3/c1-28-20-12-9-15(13-18(20)24)21-22(25)17-5-3-4-6-19(17)29-23(21)14-7-10-16(11-8-14)30(2,26)27/h3-13H,1-2H3. The molecule has 1 aromatic heterocycles. The van der Waals surface area contributed by atoms with Crippen LogP contribution in [0.3, 0.4) is 0 Å². The molecule has 152 valence electrons. The van der Waals surface area contributed by atoms with E-state index < -0.39 is 9.84 Å². The van der Waals surface area contributed by atoms with E-state index >= 15 is 0 Å². The van der Waals surface area contributed by atoms with Crippen molar-refractivity contribution in [2.24, 2.45) is 0 Å². The average Bonchev–Trinajstić information content (AvgIpc) is 2.73. The molecule has 4 aromatic rings. The quantitative estimate of drug-likeness (QED) is 0.291. The molecule has 0 saturated heterocycles. The molecule has 4 rings (SSSR count). The summed E-state index contributed by atoms with van der Waals surface area (Å²) in [6, 6.07) is 20.2. The molecule has 0 atom stereocenters. The van der Waals surface area contributed by atoms with Gasteiger partial charge in [-0.2, -0.15) is 0 Å². The van der Waals surface area contributed by atoms with Crippen molar-refractivity contribution in [2.75, 3.05) is 12.5 Å². The Kier molecular flexibility index (Phi) is 5.90. The minimum Gasteiger partial charge on any atom is -0.288 e. The minimum absolute atomic E-state index is 0.0321. The molecule has 0 amide bonds. The highest BCUT2D eigenvalue weighted by Gasteiger charge is 2.17. The van der Waals surface area contributed by atoms with Crippen molar-refractivity contribution in [1.82, 2.24) is 0 Å². The van der Waals surface area contributed by atoms with Crippen LogP contribution in [0.4, 0.5) is 0 Å². The zero-order valence-corrected chi connectivity index (χ0v) is 20.2. The van der Waals surface area contributed by atoms with Gasteiger partial charge >= 0.3 is 0 Å². The van der Waals surface area contributed by atoms with E-state index in [1.807, 2.05) is 48.7 Å². The number of thioether (sulfide) groups is 1. The summed E-state index contributed by atoms with van der Waals surface area (Å²) in [6.07, 6.45) is 3.19. The summed E-state index contributed by atoms with van der Waals surface area (Å²) >= 11 is 6.77. The van der Waals surface area contributed by atoms with E-state index in [9.17, 15) is 13.2 Å². The molecule has 3 aromatic carbocycles. The fraction of sp³-hybridized carbons (Fsp3) is 0.0870. The second-order valence-corrected chi connectivity index (χ2v) is 11.5. The third-order valence-corrected chi connectivity index (χ3v) is 8.85. The van der Waals surface area contributed by atoms with Crippen molar-refractivity contribution < 1.29 is 8.42 Å². The van der Waals surface area contributed by atoms with Crippen LogP contribution in [0.5, 0.6) is 0 Å². The Bertz CT molecular complexity index is 1420. The van der Waals surface area contributed by atoms with Gasteiger partial charge in [0.1, 0.15) is 0 Å². The first-order valence-corrected chi connectivity index (χ1v) is 13.7. The predicted molar refractivity (Wildman–Crippen MR) is 132 cm³/mol. The summed E-state index contributed by atoms with van der Waals surface area (Å²) in [4.78, 5) is 15.7. The van der Waals surface area contributed by atoms with E-state index in [1.54, 1.807) is 36.0 Å². The summed E-state index contributed by atoms with van der Waals surface area (Å²) in [5.74, 6) is 0. The van der Waals surface area contributed by atoms with Gasteiger partial charge in [0.25, 0.3) is 0 Å². The van der Waals surface area contributed by atoms with Crippen LogP contribution in [0, 0.1) is 0 Å². The minimum atomic E-state index is -3.29. The van der Waals surface area contributed by atoms with E-state index in [0.29, 0.717) is 10.9 Å². The van der Waals surface area contributed by atoms with E-state index in [0.717, 1.165) is 30.1 Å². The van der Waals surface area contributed by atoms with Crippen LogP contribution in [0.25, 0.3) is 31.7 Å². The maximum absolute atomic E-state index is 13.5. The Morgan fingerprint density at radius 3 is 2.23 bits per heavy atom. The van der Waals surface area contributed by atoms with Gasteiger partial charge < -0.3 is 0 Å². The van der Waals surface area contributed by atoms with Crippen molar-refractivity contribution in [3.8, 4) is 21.6 Å². The van der Waals surface area contributed by atoms with Gasteiger partial charge in [-0.1, -0.05) is 30.3 Å². The molecular formula is C23H17BrO3S3. The number of rotatable bonds is 4. The van der Waals surface area contributed by atoms with Gasteiger partial charge in [0.2, 0.25) is 0 Å². The van der Waals surface area contributed by atoms with Crippen molar-refractivity contribution in [2.45, 2.75) is 9.79 Å². The zero-order chi connectivity index (χ0) is 21.5. The topological polar surface area (TPSA) is 51.2 Å². The second kappa shape index (κ2) is 8.30. The molecule has 0 unspecified atom stereocenters. The highest BCUT2D eigenvalue weighted by atomic mass is 79.9. The molecular weight excluding hydrogens is 500 g/mol. The Hall–Kier alpha value is -1.93. The smallest absolute Gasteiger partial charge is 0.196 e. The van der Waals surface area contributed by atoms with Gasteiger partial charge in [-0.05, 0) is 69.7 Å². The van der Waals surface area contributed by atoms with Gasteiger partial charge in [0, 0.05) is 36.2 Å². The third-order valence-electron chi connectivity index (χ3n) is 4.78. The molecule has 0 saturated carbocycles. The Labute approximate surface area is 191 Å². The lowest BCUT2D eigenvalue weighted by Crippen LogP contribution is -2.06. The fourth-order valence-electron chi connectivity index (χ4n) is 3.28. The lowest BCUT2D eigenvalue weighted by molar-refractivity contribution is 0.602. The SMILES string of the molecule is CSc1ccc(-c2c(-c3ccc(S(C)(=O)=O)cc3)sc3ccccc3c2=O)cc1Br. The van der Waals surface area contributed by atoms with Gasteiger partial charge in [-0.15, -0.1) is 23.1 Å². The van der Waals surface area contributed by atoms with Crippen LogP contribution in [-0.4, -0.2) is 20.9 Å². The lowest BCUT2D eigenvalue weighted by atomic mass is 10.0. The maximum atomic E-state index is 13.5.